The Balaban J connectivity index is 1.79. The van der Waals surface area contributed by atoms with Gasteiger partial charge in [-0.2, -0.15) is 5.10 Å². The first-order chi connectivity index (χ1) is 12.5. The zero-order valence-corrected chi connectivity index (χ0v) is 15.9. The van der Waals surface area contributed by atoms with Crippen LogP contribution in [0.25, 0.3) is 10.9 Å². The molecule has 0 atom stereocenters. The normalized spacial score (nSPS) is 16.3. The van der Waals surface area contributed by atoms with Gasteiger partial charge in [-0.05, 0) is 37.4 Å². The summed E-state index contributed by atoms with van der Waals surface area (Å²) in [7, 11) is -1.68. The minimum absolute atomic E-state index is 0.0802. The van der Waals surface area contributed by atoms with E-state index in [0.29, 0.717) is 10.9 Å². The van der Waals surface area contributed by atoms with E-state index < -0.39 is 9.84 Å². The Hall–Kier alpha value is -2.09. The molecule has 4 rings (SSSR count). The van der Waals surface area contributed by atoms with Gasteiger partial charge in [0.1, 0.15) is 0 Å². The Labute approximate surface area is 157 Å². The number of nitrogens with one attached hydrogen (secondary N) is 1. The van der Waals surface area contributed by atoms with Crippen molar-refractivity contribution in [2.24, 2.45) is 0 Å². The standard InChI is InChI=1S/C18H19ClN4O2S/c1-22-8-10-23(11-9-22)13-6-7-16-14(12-13)18(21-20-16)26(24,25)17-5-3-2-4-15(17)19/h2-7,12H,8-11H2,1H3,(H,20,21). The number of hydrogen-bond donors (Lipinski definition) is 1. The topological polar surface area (TPSA) is 69.3 Å². The molecule has 1 fully saturated rings. The van der Waals surface area contributed by atoms with Gasteiger partial charge < -0.3 is 9.80 Å². The first-order valence-corrected chi connectivity index (χ1v) is 10.2. The molecule has 1 N–H and O–H groups in total. The third kappa shape index (κ3) is 2.96. The summed E-state index contributed by atoms with van der Waals surface area (Å²) in [6, 6.07) is 12.2. The number of piperazine rings is 1. The zero-order valence-electron chi connectivity index (χ0n) is 14.3. The number of halogens is 1. The van der Waals surface area contributed by atoms with Gasteiger partial charge in [0.15, 0.2) is 5.03 Å². The molecule has 1 saturated heterocycles. The predicted molar refractivity (Wildman–Crippen MR) is 103 cm³/mol. The zero-order chi connectivity index (χ0) is 18.3. The van der Waals surface area contributed by atoms with Gasteiger partial charge >= 0.3 is 0 Å². The van der Waals surface area contributed by atoms with Crippen molar-refractivity contribution < 1.29 is 8.42 Å². The number of likely N-dealkylation sites (N-methyl/N-ethyl adjacent to an activating group) is 1. The highest BCUT2D eigenvalue weighted by Gasteiger charge is 2.26. The van der Waals surface area contributed by atoms with E-state index in [4.69, 9.17) is 11.6 Å². The molecule has 0 spiro atoms. The van der Waals surface area contributed by atoms with Gasteiger partial charge in [-0.15, -0.1) is 0 Å². The number of fused-ring (bicyclic) bond motifs is 1. The van der Waals surface area contributed by atoms with E-state index in [0.717, 1.165) is 31.9 Å². The Bertz CT molecular complexity index is 1060. The van der Waals surface area contributed by atoms with Crippen molar-refractivity contribution in [2.45, 2.75) is 9.92 Å². The average Bonchev–Trinajstić information content (AvgIpc) is 3.06. The van der Waals surface area contributed by atoms with Crippen molar-refractivity contribution in [1.82, 2.24) is 15.1 Å². The van der Waals surface area contributed by atoms with E-state index in [-0.39, 0.29) is 14.9 Å². The second-order valence-electron chi connectivity index (χ2n) is 6.48. The molecule has 0 unspecified atom stereocenters. The highest BCUT2D eigenvalue weighted by atomic mass is 35.5. The van der Waals surface area contributed by atoms with Gasteiger partial charge in [-0.25, -0.2) is 8.42 Å². The number of hydrogen-bond acceptors (Lipinski definition) is 5. The Morgan fingerprint density at radius 3 is 2.54 bits per heavy atom. The van der Waals surface area contributed by atoms with E-state index in [1.807, 2.05) is 18.2 Å². The van der Waals surface area contributed by atoms with Crippen molar-refractivity contribution in [2.75, 3.05) is 38.1 Å². The number of nitrogens with zero attached hydrogens (tertiary/aromatic N) is 3. The van der Waals surface area contributed by atoms with Crippen LogP contribution in [0.15, 0.2) is 52.4 Å². The van der Waals surface area contributed by atoms with Crippen LogP contribution < -0.4 is 4.90 Å². The maximum absolute atomic E-state index is 13.1. The average molecular weight is 391 g/mol. The Morgan fingerprint density at radius 1 is 1.08 bits per heavy atom. The van der Waals surface area contributed by atoms with Gasteiger partial charge in [-0.1, -0.05) is 23.7 Å². The molecule has 1 aliphatic rings. The van der Waals surface area contributed by atoms with Crippen LogP contribution in [0.4, 0.5) is 5.69 Å². The third-order valence-electron chi connectivity index (χ3n) is 4.77. The maximum Gasteiger partial charge on any atom is 0.225 e. The number of rotatable bonds is 3. The van der Waals surface area contributed by atoms with E-state index in [2.05, 4.69) is 27.0 Å². The predicted octanol–water partition coefficient (Wildman–Crippen LogP) is 2.80. The molecule has 0 radical (unpaired) electrons. The highest BCUT2D eigenvalue weighted by molar-refractivity contribution is 7.91. The molecule has 0 aliphatic carbocycles. The molecule has 3 aromatic rings. The molecular weight excluding hydrogens is 372 g/mol. The van der Waals surface area contributed by atoms with Gasteiger partial charge in [0, 0.05) is 37.3 Å². The van der Waals surface area contributed by atoms with Gasteiger partial charge in [0.25, 0.3) is 0 Å². The van der Waals surface area contributed by atoms with Gasteiger partial charge in [-0.3, -0.25) is 5.10 Å². The highest BCUT2D eigenvalue weighted by Crippen LogP contribution is 2.32. The van der Waals surface area contributed by atoms with Crippen molar-refractivity contribution in [3.05, 3.63) is 47.5 Å². The first kappa shape index (κ1) is 17.3. The lowest BCUT2D eigenvalue weighted by molar-refractivity contribution is 0.313. The van der Waals surface area contributed by atoms with Crippen LogP contribution in [-0.2, 0) is 9.84 Å². The van der Waals surface area contributed by atoms with E-state index in [1.54, 1.807) is 18.2 Å². The lowest BCUT2D eigenvalue weighted by Gasteiger charge is -2.34. The second-order valence-corrected chi connectivity index (χ2v) is 8.74. The summed E-state index contributed by atoms with van der Waals surface area (Å²) in [6.45, 7) is 3.78. The minimum atomic E-state index is -3.79. The molecule has 2 heterocycles. The summed E-state index contributed by atoms with van der Waals surface area (Å²) in [6.07, 6.45) is 0. The largest absolute Gasteiger partial charge is 0.369 e. The van der Waals surface area contributed by atoms with Crippen LogP contribution in [0.2, 0.25) is 5.02 Å². The fourth-order valence-corrected chi connectivity index (χ4v) is 5.08. The fourth-order valence-electron chi connectivity index (χ4n) is 3.21. The Morgan fingerprint density at radius 2 is 1.81 bits per heavy atom. The van der Waals surface area contributed by atoms with Crippen LogP contribution >= 0.6 is 11.6 Å². The summed E-state index contributed by atoms with van der Waals surface area (Å²) in [5.41, 5.74) is 1.62. The molecular formula is C18H19ClN4O2S. The molecule has 136 valence electrons. The SMILES string of the molecule is CN1CCN(c2ccc3n[nH]c(S(=O)(=O)c4ccccc4Cl)c3c2)CC1. The monoisotopic (exact) mass is 390 g/mol. The minimum Gasteiger partial charge on any atom is -0.369 e. The molecule has 8 heteroatoms. The smallest absolute Gasteiger partial charge is 0.225 e. The van der Waals surface area contributed by atoms with E-state index in [9.17, 15) is 8.42 Å². The lowest BCUT2D eigenvalue weighted by atomic mass is 10.2. The van der Waals surface area contributed by atoms with Gasteiger partial charge in [0.05, 0.1) is 15.4 Å². The summed E-state index contributed by atoms with van der Waals surface area (Å²) >= 11 is 6.12. The molecule has 1 aromatic heterocycles. The summed E-state index contributed by atoms with van der Waals surface area (Å²) in [5, 5.41) is 7.72. The summed E-state index contributed by atoms with van der Waals surface area (Å²) in [5.74, 6) is 0. The third-order valence-corrected chi connectivity index (χ3v) is 6.99. The van der Waals surface area contributed by atoms with Crippen LogP contribution in [0.3, 0.4) is 0 Å². The number of sulfone groups is 1. The van der Waals surface area contributed by atoms with Crippen molar-refractivity contribution in [1.29, 1.82) is 0 Å². The van der Waals surface area contributed by atoms with Crippen LogP contribution in [0.5, 0.6) is 0 Å². The van der Waals surface area contributed by atoms with Crippen LogP contribution in [0, 0.1) is 0 Å². The number of H-pyrrole nitrogens is 1. The molecule has 2 aromatic carbocycles. The number of aromatic amines is 1. The molecule has 0 amide bonds. The second kappa shape index (κ2) is 6.57. The molecule has 0 bridgehead atoms. The number of benzene rings is 2. The molecule has 26 heavy (non-hydrogen) atoms. The van der Waals surface area contributed by atoms with Crippen molar-refractivity contribution in [3.63, 3.8) is 0 Å². The lowest BCUT2D eigenvalue weighted by Crippen LogP contribution is -2.44. The van der Waals surface area contributed by atoms with Crippen LogP contribution in [0.1, 0.15) is 0 Å². The quantitative estimate of drug-likeness (QED) is 0.744. The first-order valence-electron chi connectivity index (χ1n) is 8.38. The number of aromatic nitrogens is 2. The maximum atomic E-state index is 13.1. The summed E-state index contributed by atoms with van der Waals surface area (Å²) < 4.78 is 26.2. The van der Waals surface area contributed by atoms with E-state index in [1.165, 1.54) is 6.07 Å². The number of anilines is 1. The molecule has 1 aliphatic heterocycles. The van der Waals surface area contributed by atoms with Crippen LogP contribution in [-0.4, -0.2) is 56.7 Å². The van der Waals surface area contributed by atoms with E-state index >= 15 is 0 Å². The Kier molecular flexibility index (Phi) is 4.38. The summed E-state index contributed by atoms with van der Waals surface area (Å²) in [4.78, 5) is 4.62. The fraction of sp³-hybridized carbons (Fsp3) is 0.278. The van der Waals surface area contributed by atoms with Crippen molar-refractivity contribution >= 4 is 38.0 Å². The van der Waals surface area contributed by atoms with Gasteiger partial charge in [0.2, 0.25) is 9.84 Å². The molecule has 0 saturated carbocycles. The molecule has 6 nitrogen and oxygen atoms in total. The van der Waals surface area contributed by atoms with Crippen molar-refractivity contribution in [3.8, 4) is 0 Å².